The molecule has 1 fully saturated rings. The topological polar surface area (TPSA) is 47.6 Å². The van der Waals surface area contributed by atoms with Crippen molar-refractivity contribution in [3.63, 3.8) is 0 Å². The lowest BCUT2D eigenvalue weighted by atomic mass is 10.0. The molecular weight excluding hydrogens is 314 g/mol. The molecule has 1 atom stereocenters. The number of carbonyl (C=O) groups is 1. The lowest BCUT2D eigenvalue weighted by molar-refractivity contribution is -0.122. The second-order valence-corrected chi connectivity index (χ2v) is 6.51. The molecule has 25 heavy (non-hydrogen) atoms. The number of rotatable bonds is 8. The van der Waals surface area contributed by atoms with Crippen LogP contribution < -0.4 is 14.8 Å². The molecule has 1 saturated carbocycles. The fourth-order valence-electron chi connectivity index (χ4n) is 3.08. The Morgan fingerprint density at radius 2 is 1.72 bits per heavy atom. The van der Waals surface area contributed by atoms with E-state index in [0.717, 1.165) is 17.1 Å². The Morgan fingerprint density at radius 3 is 2.28 bits per heavy atom. The van der Waals surface area contributed by atoms with Gasteiger partial charge in [0.2, 0.25) is 5.91 Å². The third-order valence-electron chi connectivity index (χ3n) is 4.62. The van der Waals surface area contributed by atoms with Crippen molar-refractivity contribution in [2.45, 2.75) is 31.7 Å². The summed E-state index contributed by atoms with van der Waals surface area (Å²) >= 11 is 0. The summed E-state index contributed by atoms with van der Waals surface area (Å²) in [6, 6.07) is 16.1. The zero-order valence-electron chi connectivity index (χ0n) is 14.8. The standard InChI is InChI=1S/C21H25NO3/c1-24-18-12-15(13-19(14-18)25-2)8-11-20(23)22-21(17-9-10-17)16-6-4-3-5-7-16/h3-7,12-14,17,21H,8-11H2,1-2H3,(H,22,23). The van der Waals surface area contributed by atoms with Crippen molar-refractivity contribution in [3.05, 3.63) is 59.7 Å². The summed E-state index contributed by atoms with van der Waals surface area (Å²) < 4.78 is 10.6. The van der Waals surface area contributed by atoms with Crippen LogP contribution in [-0.2, 0) is 11.2 Å². The van der Waals surface area contributed by atoms with Gasteiger partial charge in [-0.1, -0.05) is 30.3 Å². The molecule has 3 rings (SSSR count). The van der Waals surface area contributed by atoms with Gasteiger partial charge in [0.15, 0.2) is 0 Å². The van der Waals surface area contributed by atoms with E-state index in [4.69, 9.17) is 9.47 Å². The van der Waals surface area contributed by atoms with Crippen LogP contribution in [0.1, 0.15) is 36.4 Å². The third kappa shape index (κ3) is 4.75. The van der Waals surface area contributed by atoms with Gasteiger partial charge in [0.1, 0.15) is 11.5 Å². The molecular formula is C21H25NO3. The average Bonchev–Trinajstić information content (AvgIpc) is 3.49. The van der Waals surface area contributed by atoms with Crippen LogP contribution in [0.2, 0.25) is 0 Å². The molecule has 2 aromatic carbocycles. The predicted octanol–water partition coefficient (Wildman–Crippen LogP) is 3.90. The highest BCUT2D eigenvalue weighted by atomic mass is 16.5. The first-order chi connectivity index (χ1) is 12.2. The minimum Gasteiger partial charge on any atom is -0.497 e. The van der Waals surface area contributed by atoms with Crippen LogP contribution in [0.3, 0.4) is 0 Å². The normalized spacial score (nSPS) is 14.6. The number of benzene rings is 2. The largest absolute Gasteiger partial charge is 0.497 e. The summed E-state index contributed by atoms with van der Waals surface area (Å²) in [5, 5.41) is 3.22. The van der Waals surface area contributed by atoms with Crippen LogP contribution in [0.4, 0.5) is 0 Å². The van der Waals surface area contributed by atoms with Gasteiger partial charge in [-0.15, -0.1) is 0 Å². The van der Waals surface area contributed by atoms with Crippen LogP contribution >= 0.6 is 0 Å². The molecule has 0 aliphatic heterocycles. The quantitative estimate of drug-likeness (QED) is 0.793. The van der Waals surface area contributed by atoms with E-state index in [9.17, 15) is 4.79 Å². The van der Waals surface area contributed by atoms with Crippen LogP contribution in [-0.4, -0.2) is 20.1 Å². The average molecular weight is 339 g/mol. The van der Waals surface area contributed by atoms with E-state index < -0.39 is 0 Å². The van der Waals surface area contributed by atoms with E-state index in [-0.39, 0.29) is 11.9 Å². The van der Waals surface area contributed by atoms with E-state index in [2.05, 4.69) is 17.4 Å². The molecule has 4 heteroatoms. The van der Waals surface area contributed by atoms with Crippen LogP contribution in [0.25, 0.3) is 0 Å². The monoisotopic (exact) mass is 339 g/mol. The smallest absolute Gasteiger partial charge is 0.220 e. The van der Waals surface area contributed by atoms with Crippen molar-refractivity contribution in [1.29, 1.82) is 0 Å². The second kappa shape index (κ2) is 8.06. The Kier molecular flexibility index (Phi) is 5.59. The molecule has 132 valence electrons. The third-order valence-corrected chi connectivity index (χ3v) is 4.62. The van der Waals surface area contributed by atoms with E-state index in [1.807, 2.05) is 36.4 Å². The van der Waals surface area contributed by atoms with Crippen molar-refractivity contribution in [1.82, 2.24) is 5.32 Å². The molecule has 0 bridgehead atoms. The summed E-state index contributed by atoms with van der Waals surface area (Å²) in [4.78, 5) is 12.5. The lowest BCUT2D eigenvalue weighted by Crippen LogP contribution is -2.30. The van der Waals surface area contributed by atoms with Gasteiger partial charge in [-0.3, -0.25) is 4.79 Å². The van der Waals surface area contributed by atoms with Gasteiger partial charge < -0.3 is 14.8 Å². The fourth-order valence-corrected chi connectivity index (χ4v) is 3.08. The van der Waals surface area contributed by atoms with Crippen molar-refractivity contribution >= 4 is 5.91 Å². The minimum absolute atomic E-state index is 0.0857. The SMILES string of the molecule is COc1cc(CCC(=O)NC(c2ccccc2)C2CC2)cc(OC)c1. The molecule has 0 heterocycles. The summed E-state index contributed by atoms with van der Waals surface area (Å²) in [7, 11) is 3.26. The zero-order chi connectivity index (χ0) is 17.6. The van der Waals surface area contributed by atoms with Crippen molar-refractivity contribution in [3.8, 4) is 11.5 Å². The van der Waals surface area contributed by atoms with E-state index in [1.165, 1.54) is 18.4 Å². The maximum atomic E-state index is 12.5. The number of amides is 1. The van der Waals surface area contributed by atoms with Crippen LogP contribution in [0, 0.1) is 5.92 Å². The number of nitrogens with one attached hydrogen (secondary N) is 1. The molecule has 1 aliphatic carbocycles. The Hall–Kier alpha value is -2.49. The molecule has 1 N–H and O–H groups in total. The molecule has 1 amide bonds. The second-order valence-electron chi connectivity index (χ2n) is 6.51. The molecule has 1 aliphatic rings. The highest BCUT2D eigenvalue weighted by Crippen LogP contribution is 2.41. The first-order valence-electron chi connectivity index (χ1n) is 8.76. The highest BCUT2D eigenvalue weighted by Gasteiger charge is 2.33. The van der Waals surface area contributed by atoms with E-state index in [0.29, 0.717) is 18.8 Å². The van der Waals surface area contributed by atoms with Gasteiger partial charge in [0.25, 0.3) is 0 Å². The number of carbonyl (C=O) groups excluding carboxylic acids is 1. The Morgan fingerprint density at radius 1 is 1.08 bits per heavy atom. The molecule has 4 nitrogen and oxygen atoms in total. The number of hydrogen-bond donors (Lipinski definition) is 1. The summed E-state index contributed by atoms with van der Waals surface area (Å²) in [5.41, 5.74) is 2.23. The number of hydrogen-bond acceptors (Lipinski definition) is 3. The minimum atomic E-state index is 0.0857. The maximum absolute atomic E-state index is 12.5. The molecule has 1 unspecified atom stereocenters. The lowest BCUT2D eigenvalue weighted by Gasteiger charge is -2.19. The van der Waals surface area contributed by atoms with E-state index in [1.54, 1.807) is 14.2 Å². The number of ether oxygens (including phenoxy) is 2. The molecule has 0 saturated heterocycles. The Labute approximate surface area is 149 Å². The highest BCUT2D eigenvalue weighted by molar-refractivity contribution is 5.76. The van der Waals surface area contributed by atoms with E-state index >= 15 is 0 Å². The fraction of sp³-hybridized carbons (Fsp3) is 0.381. The number of aryl methyl sites for hydroxylation is 1. The van der Waals surface area contributed by atoms with Crippen molar-refractivity contribution in [2.75, 3.05) is 14.2 Å². The summed E-state index contributed by atoms with van der Waals surface area (Å²) in [6.45, 7) is 0. The molecule has 0 aromatic heterocycles. The molecule has 2 aromatic rings. The van der Waals surface area contributed by atoms with Gasteiger partial charge >= 0.3 is 0 Å². The van der Waals surface area contributed by atoms with Crippen LogP contribution in [0.5, 0.6) is 11.5 Å². The van der Waals surface area contributed by atoms with Crippen LogP contribution in [0.15, 0.2) is 48.5 Å². The van der Waals surface area contributed by atoms with Gasteiger partial charge in [-0.05, 0) is 48.4 Å². The van der Waals surface area contributed by atoms with Gasteiger partial charge in [0.05, 0.1) is 20.3 Å². The first kappa shape index (κ1) is 17.3. The number of methoxy groups -OCH3 is 2. The Bertz CT molecular complexity index is 688. The summed E-state index contributed by atoms with van der Waals surface area (Å²) in [5.74, 6) is 2.15. The molecule has 0 spiro atoms. The van der Waals surface area contributed by atoms with Crippen molar-refractivity contribution < 1.29 is 14.3 Å². The molecule has 0 radical (unpaired) electrons. The zero-order valence-corrected chi connectivity index (χ0v) is 14.8. The van der Waals surface area contributed by atoms with Gasteiger partial charge in [-0.25, -0.2) is 0 Å². The maximum Gasteiger partial charge on any atom is 0.220 e. The first-order valence-corrected chi connectivity index (χ1v) is 8.76. The van der Waals surface area contributed by atoms with Gasteiger partial charge in [-0.2, -0.15) is 0 Å². The predicted molar refractivity (Wildman–Crippen MR) is 97.9 cm³/mol. The van der Waals surface area contributed by atoms with Gasteiger partial charge in [0, 0.05) is 12.5 Å². The Balaban J connectivity index is 1.60. The summed E-state index contributed by atoms with van der Waals surface area (Å²) in [6.07, 6.45) is 3.48. The van der Waals surface area contributed by atoms with Crippen molar-refractivity contribution in [2.24, 2.45) is 5.92 Å².